The van der Waals surface area contributed by atoms with Gasteiger partial charge in [-0.2, -0.15) is 0 Å². The zero-order chi connectivity index (χ0) is 24.7. The number of hydrogen-bond acceptors (Lipinski definition) is 7. The van der Waals surface area contributed by atoms with Crippen molar-refractivity contribution in [2.24, 2.45) is 5.92 Å². The monoisotopic (exact) mass is 534 g/mol. The Morgan fingerprint density at radius 3 is 2.44 bits per heavy atom. The van der Waals surface area contributed by atoms with Gasteiger partial charge in [0.15, 0.2) is 0 Å². The summed E-state index contributed by atoms with van der Waals surface area (Å²) in [4.78, 5) is 37.6. The summed E-state index contributed by atoms with van der Waals surface area (Å²) in [5.41, 5.74) is 2.76. The van der Waals surface area contributed by atoms with E-state index in [2.05, 4.69) is 22.0 Å². The Labute approximate surface area is 203 Å². The SMILES string of the molecule is C=CCS(=O)(=O)NC(C(=O)NC(C)C(=O)N1CCCC(C(=O)OCC(Cl)(Cl)Cl)N1)C(C)C. The molecule has 1 aliphatic heterocycles. The molecule has 0 aromatic carbocycles. The summed E-state index contributed by atoms with van der Waals surface area (Å²) in [5, 5.41) is 3.73. The molecule has 10 nitrogen and oxygen atoms in total. The average molecular weight is 536 g/mol. The number of carbonyl (C=O) groups excluding carboxylic acids is 3. The smallest absolute Gasteiger partial charge is 0.325 e. The molecule has 1 rings (SSSR count). The summed E-state index contributed by atoms with van der Waals surface area (Å²) in [6.07, 6.45) is 2.12. The van der Waals surface area contributed by atoms with Crippen molar-refractivity contribution in [2.45, 2.75) is 55.5 Å². The van der Waals surface area contributed by atoms with Gasteiger partial charge in [0, 0.05) is 6.54 Å². The van der Waals surface area contributed by atoms with E-state index in [9.17, 15) is 22.8 Å². The van der Waals surface area contributed by atoms with E-state index in [4.69, 9.17) is 39.5 Å². The van der Waals surface area contributed by atoms with Crippen molar-refractivity contribution in [2.75, 3.05) is 18.9 Å². The Balaban J connectivity index is 2.74. The molecule has 2 amide bonds. The van der Waals surface area contributed by atoms with E-state index in [-0.39, 0.29) is 11.7 Å². The number of rotatable bonds is 10. The van der Waals surface area contributed by atoms with Crippen LogP contribution in [-0.4, -0.2) is 72.0 Å². The fourth-order valence-corrected chi connectivity index (χ4v) is 4.19. The topological polar surface area (TPSA) is 134 Å². The third-order valence-electron chi connectivity index (χ3n) is 4.44. The van der Waals surface area contributed by atoms with Gasteiger partial charge in [-0.15, -0.1) is 6.58 Å². The van der Waals surface area contributed by atoms with Crippen molar-refractivity contribution < 1.29 is 27.5 Å². The van der Waals surface area contributed by atoms with Crippen molar-refractivity contribution in [3.63, 3.8) is 0 Å². The zero-order valence-electron chi connectivity index (χ0n) is 18.1. The summed E-state index contributed by atoms with van der Waals surface area (Å²) in [7, 11) is -3.75. The number of nitrogens with zero attached hydrogens (tertiary/aromatic N) is 1. The first-order valence-corrected chi connectivity index (χ1v) is 12.7. The lowest BCUT2D eigenvalue weighted by Crippen LogP contribution is -2.61. The second-order valence-electron chi connectivity index (χ2n) is 7.68. The first-order chi connectivity index (χ1) is 14.7. The molecule has 0 aromatic rings. The number of carbonyl (C=O) groups is 3. The van der Waals surface area contributed by atoms with Crippen molar-refractivity contribution in [1.82, 2.24) is 20.5 Å². The van der Waals surface area contributed by atoms with E-state index >= 15 is 0 Å². The highest BCUT2D eigenvalue weighted by Crippen LogP contribution is 2.26. The predicted octanol–water partition coefficient (Wildman–Crippen LogP) is 1.03. The lowest BCUT2D eigenvalue weighted by molar-refractivity contribution is -0.152. The highest BCUT2D eigenvalue weighted by atomic mass is 35.6. The predicted molar refractivity (Wildman–Crippen MR) is 122 cm³/mol. The number of hydrazine groups is 1. The molecule has 1 fully saturated rings. The minimum absolute atomic E-state index is 0.298. The Morgan fingerprint density at radius 2 is 1.91 bits per heavy atom. The maximum Gasteiger partial charge on any atom is 0.325 e. The number of amides is 2. The van der Waals surface area contributed by atoms with Crippen molar-refractivity contribution >= 4 is 62.6 Å². The number of nitrogens with one attached hydrogen (secondary N) is 3. The molecule has 0 spiro atoms. The molecule has 0 aromatic heterocycles. The van der Waals surface area contributed by atoms with E-state index in [0.717, 1.165) is 0 Å². The van der Waals surface area contributed by atoms with Crippen LogP contribution >= 0.6 is 34.8 Å². The van der Waals surface area contributed by atoms with Gasteiger partial charge in [-0.3, -0.25) is 19.4 Å². The Kier molecular flexibility index (Phi) is 11.2. The molecular weight excluding hydrogens is 507 g/mol. The molecule has 0 bridgehead atoms. The average Bonchev–Trinajstić information content (AvgIpc) is 2.68. The van der Waals surface area contributed by atoms with Gasteiger partial charge in [-0.05, 0) is 25.7 Å². The van der Waals surface area contributed by atoms with Crippen LogP contribution in [0.1, 0.15) is 33.6 Å². The molecule has 3 atom stereocenters. The number of halogens is 3. The van der Waals surface area contributed by atoms with Crippen LogP contribution in [0.3, 0.4) is 0 Å². The van der Waals surface area contributed by atoms with E-state index < -0.39 is 56.3 Å². The third-order valence-corrected chi connectivity index (χ3v) is 6.05. The standard InChI is InChI=1S/C18H29Cl3N4O6S/c1-5-9-32(29,30)24-14(11(2)3)15(26)22-12(4)16(27)25-8-6-7-13(23-25)17(28)31-10-18(19,20)21/h5,11-14,23-24H,1,6-10H2,2-4H3,(H,22,26). The highest BCUT2D eigenvalue weighted by molar-refractivity contribution is 7.89. The molecule has 1 aliphatic rings. The second-order valence-corrected chi connectivity index (χ2v) is 12.0. The van der Waals surface area contributed by atoms with Gasteiger partial charge in [-0.1, -0.05) is 54.7 Å². The van der Waals surface area contributed by atoms with E-state index in [1.165, 1.54) is 18.0 Å². The van der Waals surface area contributed by atoms with Gasteiger partial charge in [0.25, 0.3) is 5.91 Å². The normalized spacial score (nSPS) is 19.2. The number of esters is 1. The van der Waals surface area contributed by atoms with Crippen LogP contribution in [0, 0.1) is 5.92 Å². The highest BCUT2D eigenvalue weighted by Gasteiger charge is 2.34. The molecule has 0 radical (unpaired) electrons. The third kappa shape index (κ3) is 9.80. The molecule has 184 valence electrons. The minimum atomic E-state index is -3.75. The van der Waals surface area contributed by atoms with Crippen molar-refractivity contribution in [3.8, 4) is 0 Å². The molecule has 3 N–H and O–H groups in total. The van der Waals surface area contributed by atoms with E-state index in [1.807, 2.05) is 0 Å². The Bertz CT molecular complexity index is 803. The fourth-order valence-electron chi connectivity index (χ4n) is 2.86. The van der Waals surface area contributed by atoms with Crippen LogP contribution in [0.2, 0.25) is 0 Å². The van der Waals surface area contributed by atoms with Gasteiger partial charge < -0.3 is 10.1 Å². The molecule has 3 unspecified atom stereocenters. The molecule has 0 saturated carbocycles. The van der Waals surface area contributed by atoms with Crippen molar-refractivity contribution in [1.29, 1.82) is 0 Å². The zero-order valence-corrected chi connectivity index (χ0v) is 21.2. The van der Waals surface area contributed by atoms with Crippen LogP contribution in [0.25, 0.3) is 0 Å². The van der Waals surface area contributed by atoms with Gasteiger partial charge >= 0.3 is 5.97 Å². The second kappa shape index (κ2) is 12.4. The van der Waals surface area contributed by atoms with Crippen LogP contribution in [-0.2, 0) is 29.1 Å². The first-order valence-electron chi connectivity index (χ1n) is 9.89. The summed E-state index contributed by atoms with van der Waals surface area (Å²) < 4.78 is 29.5. The fraction of sp³-hybridized carbons (Fsp3) is 0.722. The number of ether oxygens (including phenoxy) is 1. The van der Waals surface area contributed by atoms with Crippen LogP contribution in [0.4, 0.5) is 0 Å². The Morgan fingerprint density at radius 1 is 1.28 bits per heavy atom. The van der Waals surface area contributed by atoms with E-state index in [1.54, 1.807) is 13.8 Å². The first kappa shape index (κ1) is 28.9. The lowest BCUT2D eigenvalue weighted by Gasteiger charge is -2.34. The maximum atomic E-state index is 12.8. The summed E-state index contributed by atoms with van der Waals surface area (Å²) >= 11 is 16.7. The molecular formula is C18H29Cl3N4O6S. The summed E-state index contributed by atoms with van der Waals surface area (Å²) in [6.45, 7) is 8.05. The number of hydrogen-bond donors (Lipinski definition) is 3. The lowest BCUT2D eigenvalue weighted by atomic mass is 10.0. The van der Waals surface area contributed by atoms with Gasteiger partial charge in [0.1, 0.15) is 24.7 Å². The van der Waals surface area contributed by atoms with Crippen LogP contribution in [0.15, 0.2) is 12.7 Å². The summed E-state index contributed by atoms with van der Waals surface area (Å²) in [6, 6.07) is -2.89. The van der Waals surface area contributed by atoms with Crippen LogP contribution in [0.5, 0.6) is 0 Å². The Hall–Kier alpha value is -1.11. The molecule has 1 saturated heterocycles. The van der Waals surface area contributed by atoms with Gasteiger partial charge in [0.2, 0.25) is 19.7 Å². The summed E-state index contributed by atoms with van der Waals surface area (Å²) in [5.74, 6) is -2.55. The van der Waals surface area contributed by atoms with Gasteiger partial charge in [-0.25, -0.2) is 18.6 Å². The van der Waals surface area contributed by atoms with E-state index in [0.29, 0.717) is 19.4 Å². The number of alkyl halides is 3. The number of sulfonamides is 1. The maximum absolute atomic E-state index is 12.8. The molecule has 14 heteroatoms. The molecule has 0 aliphatic carbocycles. The van der Waals surface area contributed by atoms with Gasteiger partial charge in [0.05, 0.1) is 5.75 Å². The molecule has 1 heterocycles. The quantitative estimate of drug-likeness (QED) is 0.216. The largest absolute Gasteiger partial charge is 0.460 e. The van der Waals surface area contributed by atoms with Crippen LogP contribution < -0.4 is 15.5 Å². The minimum Gasteiger partial charge on any atom is -0.460 e. The molecule has 32 heavy (non-hydrogen) atoms. The van der Waals surface area contributed by atoms with Crippen molar-refractivity contribution in [3.05, 3.63) is 12.7 Å².